The van der Waals surface area contributed by atoms with Gasteiger partial charge in [-0.05, 0) is 19.5 Å². The molecule has 5 heteroatoms. The highest BCUT2D eigenvalue weighted by molar-refractivity contribution is 5.83. The minimum absolute atomic E-state index is 0.0246. The van der Waals surface area contributed by atoms with Crippen LogP contribution in [-0.2, 0) is 20.9 Å². The average molecular weight is 264 g/mol. The normalized spacial score (nSPS) is 10.0. The fourth-order valence-corrected chi connectivity index (χ4v) is 1.66. The summed E-state index contributed by atoms with van der Waals surface area (Å²) in [5.74, 6) is -0.512. The van der Waals surface area contributed by atoms with Crippen LogP contribution >= 0.6 is 0 Å². The van der Waals surface area contributed by atoms with Crippen molar-refractivity contribution in [3.63, 3.8) is 0 Å². The predicted molar refractivity (Wildman–Crippen MR) is 72.4 cm³/mol. The second-order valence-electron chi connectivity index (χ2n) is 4.07. The Morgan fingerprint density at radius 2 is 1.95 bits per heavy atom. The van der Waals surface area contributed by atoms with Gasteiger partial charge in [-0.1, -0.05) is 30.3 Å². The molecule has 0 unspecified atom stereocenters. The number of amides is 1. The molecule has 1 aromatic carbocycles. The van der Waals surface area contributed by atoms with E-state index in [9.17, 15) is 9.59 Å². The van der Waals surface area contributed by atoms with Crippen LogP contribution in [0.4, 0.5) is 0 Å². The SMILES string of the molecule is CCOC(=O)CN(Cc1ccccc1)C(=O)CNC. The van der Waals surface area contributed by atoms with Gasteiger partial charge in [-0.15, -0.1) is 0 Å². The van der Waals surface area contributed by atoms with E-state index in [1.807, 2.05) is 30.3 Å². The van der Waals surface area contributed by atoms with Gasteiger partial charge in [-0.2, -0.15) is 0 Å². The fourth-order valence-electron chi connectivity index (χ4n) is 1.66. The number of carbonyl (C=O) groups excluding carboxylic acids is 2. The Kier molecular flexibility index (Phi) is 6.60. The fraction of sp³-hybridized carbons (Fsp3) is 0.429. The number of carbonyl (C=O) groups is 2. The van der Waals surface area contributed by atoms with Crippen LogP contribution in [0.2, 0.25) is 0 Å². The minimum Gasteiger partial charge on any atom is -0.465 e. The molecule has 1 rings (SSSR count). The second-order valence-corrected chi connectivity index (χ2v) is 4.07. The maximum atomic E-state index is 11.9. The van der Waals surface area contributed by atoms with Crippen LogP contribution in [0, 0.1) is 0 Å². The van der Waals surface area contributed by atoms with Crippen LogP contribution in [0.15, 0.2) is 30.3 Å². The van der Waals surface area contributed by atoms with Gasteiger partial charge in [0.15, 0.2) is 0 Å². The van der Waals surface area contributed by atoms with E-state index in [1.165, 1.54) is 4.90 Å². The number of likely N-dealkylation sites (N-methyl/N-ethyl adjacent to an activating group) is 1. The quantitative estimate of drug-likeness (QED) is 0.740. The van der Waals surface area contributed by atoms with Crippen molar-refractivity contribution < 1.29 is 14.3 Å². The molecular formula is C14H20N2O3. The third kappa shape index (κ3) is 5.52. The topological polar surface area (TPSA) is 58.6 Å². The molecule has 0 radical (unpaired) electrons. The predicted octanol–water partition coefficient (Wildman–Crippen LogP) is 0.798. The van der Waals surface area contributed by atoms with Crippen LogP contribution < -0.4 is 5.32 Å². The summed E-state index contributed by atoms with van der Waals surface area (Å²) in [5, 5.41) is 2.80. The van der Waals surface area contributed by atoms with E-state index in [0.717, 1.165) is 5.56 Å². The lowest BCUT2D eigenvalue weighted by Gasteiger charge is -2.21. The zero-order valence-corrected chi connectivity index (χ0v) is 11.4. The standard InChI is InChI=1S/C14H20N2O3/c1-3-19-14(18)11-16(13(17)9-15-2)10-12-7-5-4-6-8-12/h4-8,15H,3,9-11H2,1-2H3. The largest absolute Gasteiger partial charge is 0.465 e. The first-order valence-electron chi connectivity index (χ1n) is 6.29. The molecule has 0 aliphatic rings. The van der Waals surface area contributed by atoms with E-state index < -0.39 is 0 Å². The van der Waals surface area contributed by atoms with Gasteiger partial charge in [0.05, 0.1) is 13.2 Å². The van der Waals surface area contributed by atoms with E-state index in [4.69, 9.17) is 4.74 Å². The molecule has 0 heterocycles. The molecule has 19 heavy (non-hydrogen) atoms. The smallest absolute Gasteiger partial charge is 0.325 e. The van der Waals surface area contributed by atoms with Crippen LogP contribution in [0.3, 0.4) is 0 Å². The Hall–Kier alpha value is -1.88. The lowest BCUT2D eigenvalue weighted by Crippen LogP contribution is -2.40. The maximum absolute atomic E-state index is 11.9. The molecule has 0 atom stereocenters. The highest BCUT2D eigenvalue weighted by Crippen LogP contribution is 2.05. The van der Waals surface area contributed by atoms with Gasteiger partial charge in [0.2, 0.25) is 5.91 Å². The van der Waals surface area contributed by atoms with Crippen molar-refractivity contribution in [3.05, 3.63) is 35.9 Å². The molecule has 0 aliphatic heterocycles. The van der Waals surface area contributed by atoms with Gasteiger partial charge < -0.3 is 15.0 Å². The zero-order chi connectivity index (χ0) is 14.1. The molecule has 1 aromatic rings. The second kappa shape index (κ2) is 8.26. The van der Waals surface area contributed by atoms with Crippen LogP contribution in [0.25, 0.3) is 0 Å². The summed E-state index contributed by atoms with van der Waals surface area (Å²) in [5.41, 5.74) is 0.983. The molecule has 0 fully saturated rings. The Balaban J connectivity index is 2.69. The first kappa shape index (κ1) is 15.2. The van der Waals surface area contributed by atoms with Gasteiger partial charge in [0, 0.05) is 6.54 Å². The first-order chi connectivity index (χ1) is 9.17. The van der Waals surface area contributed by atoms with Crippen molar-refractivity contribution in [2.45, 2.75) is 13.5 Å². The summed E-state index contributed by atoms with van der Waals surface area (Å²) in [4.78, 5) is 24.9. The average Bonchev–Trinajstić information content (AvgIpc) is 2.40. The van der Waals surface area contributed by atoms with Crippen LogP contribution in [0.1, 0.15) is 12.5 Å². The van der Waals surface area contributed by atoms with E-state index in [-0.39, 0.29) is 25.0 Å². The van der Waals surface area contributed by atoms with Crippen LogP contribution in [-0.4, -0.2) is 43.5 Å². The summed E-state index contributed by atoms with van der Waals surface area (Å²) < 4.78 is 4.89. The van der Waals surface area contributed by atoms with E-state index in [0.29, 0.717) is 13.2 Å². The number of ether oxygens (including phenoxy) is 1. The third-order valence-electron chi connectivity index (χ3n) is 2.52. The first-order valence-corrected chi connectivity index (χ1v) is 6.29. The number of benzene rings is 1. The number of esters is 1. The van der Waals surface area contributed by atoms with Gasteiger partial charge in [-0.25, -0.2) is 0 Å². The maximum Gasteiger partial charge on any atom is 0.325 e. The summed E-state index contributed by atoms with van der Waals surface area (Å²) in [6.45, 7) is 2.64. The van der Waals surface area contributed by atoms with Crippen molar-refractivity contribution in [1.29, 1.82) is 0 Å². The lowest BCUT2D eigenvalue weighted by atomic mass is 10.2. The molecule has 0 saturated carbocycles. The van der Waals surface area contributed by atoms with Gasteiger partial charge >= 0.3 is 5.97 Å². The number of nitrogens with zero attached hydrogens (tertiary/aromatic N) is 1. The number of nitrogens with one attached hydrogen (secondary N) is 1. The molecule has 104 valence electrons. The van der Waals surface area contributed by atoms with Crippen molar-refractivity contribution in [3.8, 4) is 0 Å². The molecule has 5 nitrogen and oxygen atoms in total. The zero-order valence-electron chi connectivity index (χ0n) is 11.4. The molecule has 0 bridgehead atoms. The Morgan fingerprint density at radius 3 is 2.53 bits per heavy atom. The Morgan fingerprint density at radius 1 is 1.26 bits per heavy atom. The summed E-state index contributed by atoms with van der Waals surface area (Å²) in [7, 11) is 1.70. The van der Waals surface area contributed by atoms with Gasteiger partial charge in [0.1, 0.15) is 6.54 Å². The van der Waals surface area contributed by atoms with Crippen molar-refractivity contribution in [2.24, 2.45) is 0 Å². The van der Waals surface area contributed by atoms with Gasteiger partial charge in [0.25, 0.3) is 0 Å². The highest BCUT2D eigenvalue weighted by atomic mass is 16.5. The number of hydrogen-bond donors (Lipinski definition) is 1. The number of rotatable bonds is 7. The summed E-state index contributed by atoms with van der Waals surface area (Å²) in [6, 6.07) is 9.56. The molecule has 0 saturated heterocycles. The van der Waals surface area contributed by atoms with Crippen molar-refractivity contribution in [2.75, 3.05) is 26.7 Å². The molecule has 1 amide bonds. The Labute approximate surface area is 113 Å². The minimum atomic E-state index is -0.386. The lowest BCUT2D eigenvalue weighted by molar-refractivity contribution is -0.149. The molecule has 0 aromatic heterocycles. The van der Waals surface area contributed by atoms with E-state index in [2.05, 4.69) is 5.32 Å². The van der Waals surface area contributed by atoms with E-state index >= 15 is 0 Å². The highest BCUT2D eigenvalue weighted by Gasteiger charge is 2.17. The monoisotopic (exact) mass is 264 g/mol. The molecular weight excluding hydrogens is 244 g/mol. The molecule has 0 aliphatic carbocycles. The van der Waals surface area contributed by atoms with Crippen LogP contribution in [0.5, 0.6) is 0 Å². The van der Waals surface area contributed by atoms with Gasteiger partial charge in [-0.3, -0.25) is 9.59 Å². The van der Waals surface area contributed by atoms with Crippen molar-refractivity contribution in [1.82, 2.24) is 10.2 Å². The summed E-state index contributed by atoms with van der Waals surface area (Å²) in [6.07, 6.45) is 0. The summed E-state index contributed by atoms with van der Waals surface area (Å²) >= 11 is 0. The molecule has 0 spiro atoms. The third-order valence-corrected chi connectivity index (χ3v) is 2.52. The molecule has 1 N–H and O–H groups in total. The number of hydrogen-bond acceptors (Lipinski definition) is 4. The van der Waals surface area contributed by atoms with Crippen molar-refractivity contribution >= 4 is 11.9 Å². The van der Waals surface area contributed by atoms with E-state index in [1.54, 1.807) is 14.0 Å². The Bertz CT molecular complexity index is 406.